The molecule has 86 valence electrons. The Bertz CT molecular complexity index is 392. The fraction of sp³-hybridized carbons (Fsp3) is 0.364. The van der Waals surface area contributed by atoms with E-state index in [-0.39, 0.29) is 19.3 Å². The Morgan fingerprint density at radius 2 is 2.38 bits per heavy atom. The SMILES string of the molecule is COCC(=O)NCc1cccc2c1OCO2. The standard InChI is InChI=1S/C11H13NO4/c1-14-6-10(13)12-5-8-3-2-4-9-11(8)16-7-15-9/h2-4H,5-7H2,1H3,(H,12,13). The van der Waals surface area contributed by atoms with Crippen LogP contribution in [0.15, 0.2) is 18.2 Å². The Kier molecular flexibility index (Phi) is 3.26. The van der Waals surface area contributed by atoms with Crippen molar-refractivity contribution in [1.29, 1.82) is 0 Å². The molecule has 1 aromatic rings. The zero-order chi connectivity index (χ0) is 11.4. The lowest BCUT2D eigenvalue weighted by molar-refractivity contribution is -0.124. The fourth-order valence-corrected chi connectivity index (χ4v) is 1.51. The van der Waals surface area contributed by atoms with Gasteiger partial charge in [0.05, 0.1) is 0 Å². The number of carbonyl (C=O) groups excluding carboxylic acids is 1. The summed E-state index contributed by atoms with van der Waals surface area (Å²) in [6.07, 6.45) is 0. The number of rotatable bonds is 4. The van der Waals surface area contributed by atoms with E-state index in [1.165, 1.54) is 7.11 Å². The molecule has 5 nitrogen and oxygen atoms in total. The number of nitrogens with one attached hydrogen (secondary N) is 1. The molecule has 0 aromatic heterocycles. The fourth-order valence-electron chi connectivity index (χ4n) is 1.51. The molecule has 2 rings (SSSR count). The number of benzene rings is 1. The monoisotopic (exact) mass is 223 g/mol. The van der Waals surface area contributed by atoms with Crippen LogP contribution in [0.5, 0.6) is 11.5 Å². The first-order valence-corrected chi connectivity index (χ1v) is 4.94. The zero-order valence-electron chi connectivity index (χ0n) is 8.99. The molecule has 0 unspecified atom stereocenters. The summed E-state index contributed by atoms with van der Waals surface area (Å²) < 4.78 is 15.3. The number of carbonyl (C=O) groups is 1. The Hall–Kier alpha value is -1.75. The van der Waals surface area contributed by atoms with Crippen LogP contribution in [0.25, 0.3) is 0 Å². The lowest BCUT2D eigenvalue weighted by atomic mass is 10.2. The van der Waals surface area contributed by atoms with Crippen LogP contribution in [0.1, 0.15) is 5.56 Å². The molecule has 0 bridgehead atoms. The third kappa shape index (κ3) is 2.25. The van der Waals surface area contributed by atoms with E-state index in [9.17, 15) is 4.79 Å². The van der Waals surface area contributed by atoms with Crippen LogP contribution in [0.2, 0.25) is 0 Å². The van der Waals surface area contributed by atoms with Gasteiger partial charge in [0.15, 0.2) is 11.5 Å². The third-order valence-electron chi connectivity index (χ3n) is 2.23. The van der Waals surface area contributed by atoms with E-state index in [1.54, 1.807) is 0 Å². The van der Waals surface area contributed by atoms with Crippen molar-refractivity contribution in [3.05, 3.63) is 23.8 Å². The number of hydrogen-bond acceptors (Lipinski definition) is 4. The van der Waals surface area contributed by atoms with Gasteiger partial charge >= 0.3 is 0 Å². The second-order valence-corrected chi connectivity index (χ2v) is 3.36. The number of amides is 1. The van der Waals surface area contributed by atoms with Crippen molar-refractivity contribution in [2.75, 3.05) is 20.5 Å². The highest BCUT2D eigenvalue weighted by atomic mass is 16.7. The predicted molar refractivity (Wildman–Crippen MR) is 56.3 cm³/mol. The number of para-hydroxylation sites is 1. The number of fused-ring (bicyclic) bond motifs is 1. The van der Waals surface area contributed by atoms with Gasteiger partial charge in [-0.15, -0.1) is 0 Å². The second kappa shape index (κ2) is 4.85. The van der Waals surface area contributed by atoms with Crippen molar-refractivity contribution in [1.82, 2.24) is 5.32 Å². The van der Waals surface area contributed by atoms with E-state index in [0.29, 0.717) is 12.3 Å². The molecule has 0 spiro atoms. The van der Waals surface area contributed by atoms with E-state index in [1.807, 2.05) is 18.2 Å². The van der Waals surface area contributed by atoms with E-state index in [4.69, 9.17) is 14.2 Å². The largest absolute Gasteiger partial charge is 0.454 e. The summed E-state index contributed by atoms with van der Waals surface area (Å²) in [7, 11) is 1.48. The molecule has 5 heteroatoms. The van der Waals surface area contributed by atoms with Crippen LogP contribution in [-0.4, -0.2) is 26.4 Å². The van der Waals surface area contributed by atoms with Gasteiger partial charge in [-0.3, -0.25) is 4.79 Å². The molecule has 1 aliphatic heterocycles. The minimum absolute atomic E-state index is 0.0619. The summed E-state index contributed by atoms with van der Waals surface area (Å²) in [4.78, 5) is 11.2. The minimum Gasteiger partial charge on any atom is -0.454 e. The molecule has 0 saturated heterocycles. The summed E-state index contributed by atoms with van der Waals surface area (Å²) in [6.45, 7) is 0.708. The van der Waals surface area contributed by atoms with Gasteiger partial charge in [-0.1, -0.05) is 12.1 Å². The highest BCUT2D eigenvalue weighted by Gasteiger charge is 2.17. The lowest BCUT2D eigenvalue weighted by Gasteiger charge is -2.07. The van der Waals surface area contributed by atoms with Crippen LogP contribution in [0, 0.1) is 0 Å². The van der Waals surface area contributed by atoms with Crippen LogP contribution >= 0.6 is 0 Å². The second-order valence-electron chi connectivity index (χ2n) is 3.36. The van der Waals surface area contributed by atoms with Crippen molar-refractivity contribution < 1.29 is 19.0 Å². The molecule has 1 N–H and O–H groups in total. The van der Waals surface area contributed by atoms with Crippen LogP contribution in [0.4, 0.5) is 0 Å². The van der Waals surface area contributed by atoms with Gasteiger partial charge < -0.3 is 19.5 Å². The topological polar surface area (TPSA) is 56.8 Å². The van der Waals surface area contributed by atoms with E-state index in [0.717, 1.165) is 11.3 Å². The van der Waals surface area contributed by atoms with Gasteiger partial charge in [0.2, 0.25) is 12.7 Å². The average molecular weight is 223 g/mol. The normalized spacial score (nSPS) is 12.6. The molecular weight excluding hydrogens is 210 g/mol. The minimum atomic E-state index is -0.154. The van der Waals surface area contributed by atoms with Crippen LogP contribution < -0.4 is 14.8 Å². The number of methoxy groups -OCH3 is 1. The molecule has 1 aromatic carbocycles. The zero-order valence-corrected chi connectivity index (χ0v) is 8.99. The van der Waals surface area contributed by atoms with Gasteiger partial charge in [-0.2, -0.15) is 0 Å². The summed E-state index contributed by atoms with van der Waals surface area (Å²) in [5.41, 5.74) is 0.902. The average Bonchev–Trinajstić information content (AvgIpc) is 2.75. The Balaban J connectivity index is 2.00. The molecule has 0 fully saturated rings. The summed E-state index contributed by atoms with van der Waals surface area (Å²) in [6, 6.07) is 5.59. The maximum atomic E-state index is 11.2. The smallest absolute Gasteiger partial charge is 0.246 e. The first-order chi connectivity index (χ1) is 7.81. The highest BCUT2D eigenvalue weighted by molar-refractivity contribution is 5.77. The van der Waals surface area contributed by atoms with Crippen LogP contribution in [0.3, 0.4) is 0 Å². The first-order valence-electron chi connectivity index (χ1n) is 4.94. The van der Waals surface area contributed by atoms with Crippen molar-refractivity contribution in [2.45, 2.75) is 6.54 Å². The molecule has 1 aliphatic rings. The summed E-state index contributed by atoms with van der Waals surface area (Å²) >= 11 is 0. The molecule has 1 heterocycles. The van der Waals surface area contributed by atoms with Gasteiger partial charge in [0.1, 0.15) is 6.61 Å². The molecule has 0 aliphatic carbocycles. The number of hydrogen-bond donors (Lipinski definition) is 1. The predicted octanol–water partition coefficient (Wildman–Crippen LogP) is 0.678. The maximum absolute atomic E-state index is 11.2. The van der Waals surface area contributed by atoms with Crippen LogP contribution in [-0.2, 0) is 16.1 Å². The van der Waals surface area contributed by atoms with Gasteiger partial charge in [-0.25, -0.2) is 0 Å². The molecule has 1 amide bonds. The summed E-state index contributed by atoms with van der Waals surface area (Å²) in [5.74, 6) is 1.28. The van der Waals surface area contributed by atoms with Gasteiger partial charge in [0, 0.05) is 19.2 Å². The van der Waals surface area contributed by atoms with Crippen molar-refractivity contribution in [2.24, 2.45) is 0 Å². The van der Waals surface area contributed by atoms with Crippen molar-refractivity contribution >= 4 is 5.91 Å². The van der Waals surface area contributed by atoms with Crippen molar-refractivity contribution in [3.8, 4) is 11.5 Å². The Morgan fingerprint density at radius 1 is 1.50 bits per heavy atom. The summed E-state index contributed by atoms with van der Waals surface area (Å²) in [5, 5.41) is 2.73. The third-order valence-corrected chi connectivity index (χ3v) is 2.23. The number of ether oxygens (including phenoxy) is 3. The van der Waals surface area contributed by atoms with E-state index in [2.05, 4.69) is 5.32 Å². The molecule has 16 heavy (non-hydrogen) atoms. The Labute approximate surface area is 93.3 Å². The quantitative estimate of drug-likeness (QED) is 0.815. The molecule has 0 saturated carbocycles. The maximum Gasteiger partial charge on any atom is 0.246 e. The highest BCUT2D eigenvalue weighted by Crippen LogP contribution is 2.35. The first kappa shape index (κ1) is 10.8. The van der Waals surface area contributed by atoms with Crippen molar-refractivity contribution in [3.63, 3.8) is 0 Å². The molecular formula is C11H13NO4. The van der Waals surface area contributed by atoms with Gasteiger partial charge in [0.25, 0.3) is 0 Å². The van der Waals surface area contributed by atoms with E-state index >= 15 is 0 Å². The lowest BCUT2D eigenvalue weighted by Crippen LogP contribution is -2.26. The van der Waals surface area contributed by atoms with E-state index < -0.39 is 0 Å². The molecule has 0 radical (unpaired) electrons. The van der Waals surface area contributed by atoms with Gasteiger partial charge in [-0.05, 0) is 6.07 Å². The molecule has 0 atom stereocenters. The Morgan fingerprint density at radius 3 is 3.19 bits per heavy atom.